The van der Waals surface area contributed by atoms with E-state index in [2.05, 4.69) is 32.1 Å². The first-order valence-corrected chi connectivity index (χ1v) is 5.92. The normalized spacial score (nSPS) is 19.8. The number of rotatable bonds is 1. The van der Waals surface area contributed by atoms with E-state index in [1.807, 2.05) is 12.1 Å². The van der Waals surface area contributed by atoms with E-state index < -0.39 is 0 Å². The fourth-order valence-corrected chi connectivity index (χ4v) is 2.46. The number of halogens is 1. The van der Waals surface area contributed by atoms with E-state index in [0.29, 0.717) is 5.41 Å². The van der Waals surface area contributed by atoms with Gasteiger partial charge in [0.25, 0.3) is 0 Å². The summed E-state index contributed by atoms with van der Waals surface area (Å²) in [5, 5.41) is 0.830. The molecule has 80 valence electrons. The van der Waals surface area contributed by atoms with Crippen molar-refractivity contribution in [3.63, 3.8) is 0 Å². The van der Waals surface area contributed by atoms with Crippen LogP contribution in [-0.2, 0) is 0 Å². The topological polar surface area (TPSA) is 0 Å². The summed E-state index contributed by atoms with van der Waals surface area (Å²) in [7, 11) is 0. The quantitative estimate of drug-likeness (QED) is 0.629. The van der Waals surface area contributed by atoms with E-state index in [4.69, 9.17) is 11.6 Å². The zero-order chi connectivity index (χ0) is 10.9. The van der Waals surface area contributed by atoms with Crippen LogP contribution in [0.15, 0.2) is 30.3 Å². The smallest absolute Gasteiger partial charge is 0.0412 e. The minimum atomic E-state index is 0.343. The Labute approximate surface area is 97.0 Å². The summed E-state index contributed by atoms with van der Waals surface area (Å²) >= 11 is 6.01. The molecule has 0 atom stereocenters. The van der Waals surface area contributed by atoms with Gasteiger partial charge in [-0.1, -0.05) is 43.7 Å². The van der Waals surface area contributed by atoms with Gasteiger partial charge in [-0.2, -0.15) is 0 Å². The van der Waals surface area contributed by atoms with Crippen molar-refractivity contribution < 1.29 is 0 Å². The van der Waals surface area contributed by atoms with Gasteiger partial charge < -0.3 is 0 Å². The van der Waals surface area contributed by atoms with Crippen LogP contribution in [0.2, 0.25) is 5.02 Å². The Kier molecular flexibility index (Phi) is 2.88. The molecule has 0 aromatic heterocycles. The number of hydrogen-bond acceptors (Lipinski definition) is 0. The molecule has 0 spiro atoms. The Morgan fingerprint density at radius 1 is 1.27 bits per heavy atom. The van der Waals surface area contributed by atoms with Gasteiger partial charge in [-0.05, 0) is 47.9 Å². The fourth-order valence-electron chi connectivity index (χ4n) is 2.27. The molecule has 1 aliphatic rings. The third-order valence-electron chi connectivity index (χ3n) is 3.03. The van der Waals surface area contributed by atoms with Crippen LogP contribution < -0.4 is 0 Å². The van der Waals surface area contributed by atoms with Gasteiger partial charge >= 0.3 is 0 Å². The summed E-state index contributed by atoms with van der Waals surface area (Å²) < 4.78 is 0. The number of allylic oxidation sites excluding steroid dienone is 2. The average Bonchev–Trinajstić information content (AvgIpc) is 2.16. The first-order valence-electron chi connectivity index (χ1n) is 5.54. The molecule has 0 unspecified atom stereocenters. The summed E-state index contributed by atoms with van der Waals surface area (Å²) in [6.45, 7) is 4.60. The molecule has 0 nitrogen and oxygen atoms in total. The van der Waals surface area contributed by atoms with Gasteiger partial charge in [0.1, 0.15) is 0 Å². The van der Waals surface area contributed by atoms with Crippen LogP contribution in [0.5, 0.6) is 0 Å². The molecule has 0 aliphatic heterocycles. The monoisotopic (exact) mass is 220 g/mol. The Bertz CT molecular complexity index is 388. The fraction of sp³-hybridized carbons (Fsp3) is 0.429. The summed E-state index contributed by atoms with van der Waals surface area (Å²) in [5.74, 6) is 0. The van der Waals surface area contributed by atoms with Crippen molar-refractivity contribution in [1.29, 1.82) is 0 Å². The molecular formula is C14H17Cl. The van der Waals surface area contributed by atoms with Gasteiger partial charge in [0.2, 0.25) is 0 Å². The van der Waals surface area contributed by atoms with Gasteiger partial charge in [0, 0.05) is 5.02 Å². The highest BCUT2D eigenvalue weighted by Gasteiger charge is 2.20. The van der Waals surface area contributed by atoms with Gasteiger partial charge in [-0.15, -0.1) is 0 Å². The van der Waals surface area contributed by atoms with Crippen molar-refractivity contribution >= 4 is 17.2 Å². The van der Waals surface area contributed by atoms with Gasteiger partial charge in [-0.3, -0.25) is 0 Å². The standard InChI is InChI=1S/C14H17Cl/c1-14(2)8-4-6-12(10-14)11-5-3-7-13(15)9-11/h3,5,7,9-10H,4,6,8H2,1-2H3. The summed E-state index contributed by atoms with van der Waals surface area (Å²) in [6.07, 6.45) is 6.16. The van der Waals surface area contributed by atoms with Crippen LogP contribution in [-0.4, -0.2) is 0 Å². The average molecular weight is 221 g/mol. The largest absolute Gasteiger partial charge is 0.0843 e. The van der Waals surface area contributed by atoms with Gasteiger partial charge in [0.15, 0.2) is 0 Å². The molecule has 1 aliphatic carbocycles. The van der Waals surface area contributed by atoms with Crippen LogP contribution >= 0.6 is 11.6 Å². The molecule has 15 heavy (non-hydrogen) atoms. The zero-order valence-corrected chi connectivity index (χ0v) is 10.1. The molecule has 0 N–H and O–H groups in total. The maximum atomic E-state index is 6.01. The Morgan fingerprint density at radius 3 is 2.73 bits per heavy atom. The second kappa shape index (κ2) is 4.02. The van der Waals surface area contributed by atoms with Crippen molar-refractivity contribution in [3.05, 3.63) is 40.9 Å². The maximum Gasteiger partial charge on any atom is 0.0412 e. The molecule has 1 aromatic carbocycles. The molecule has 0 radical (unpaired) electrons. The number of hydrogen-bond donors (Lipinski definition) is 0. The highest BCUT2D eigenvalue weighted by molar-refractivity contribution is 6.30. The van der Waals surface area contributed by atoms with E-state index in [-0.39, 0.29) is 0 Å². The maximum absolute atomic E-state index is 6.01. The summed E-state index contributed by atoms with van der Waals surface area (Å²) in [6, 6.07) is 8.17. The zero-order valence-electron chi connectivity index (χ0n) is 9.39. The molecule has 0 saturated heterocycles. The Balaban J connectivity index is 2.35. The predicted octanol–water partition coefficient (Wildman–Crippen LogP) is 4.93. The first-order chi connectivity index (χ1) is 7.07. The Hall–Kier alpha value is -0.750. The molecule has 0 amide bonds. The minimum absolute atomic E-state index is 0.343. The van der Waals surface area contributed by atoms with Crippen molar-refractivity contribution in [1.82, 2.24) is 0 Å². The Morgan fingerprint density at radius 2 is 2.07 bits per heavy atom. The first kappa shape index (κ1) is 10.8. The van der Waals surface area contributed by atoms with Crippen molar-refractivity contribution in [2.45, 2.75) is 33.1 Å². The predicted molar refractivity (Wildman–Crippen MR) is 67.1 cm³/mol. The van der Waals surface area contributed by atoms with Gasteiger partial charge in [-0.25, -0.2) is 0 Å². The third kappa shape index (κ3) is 2.63. The summed E-state index contributed by atoms with van der Waals surface area (Å²) in [5.41, 5.74) is 3.08. The van der Waals surface area contributed by atoms with Crippen molar-refractivity contribution in [2.24, 2.45) is 5.41 Å². The lowest BCUT2D eigenvalue weighted by molar-refractivity contribution is 0.411. The molecular weight excluding hydrogens is 204 g/mol. The lowest BCUT2D eigenvalue weighted by atomic mass is 9.78. The SMILES string of the molecule is CC1(C)C=C(c2cccc(Cl)c2)CCC1. The third-order valence-corrected chi connectivity index (χ3v) is 3.26. The van der Waals surface area contributed by atoms with Crippen molar-refractivity contribution in [3.8, 4) is 0 Å². The molecule has 1 aromatic rings. The summed E-state index contributed by atoms with van der Waals surface area (Å²) in [4.78, 5) is 0. The molecule has 0 saturated carbocycles. The van der Waals surface area contributed by atoms with E-state index in [1.54, 1.807) is 0 Å². The molecule has 1 heteroatoms. The van der Waals surface area contributed by atoms with Crippen molar-refractivity contribution in [2.75, 3.05) is 0 Å². The van der Waals surface area contributed by atoms with E-state index in [0.717, 1.165) is 5.02 Å². The van der Waals surface area contributed by atoms with Crippen LogP contribution in [0.1, 0.15) is 38.7 Å². The molecule has 2 rings (SSSR count). The van der Waals surface area contributed by atoms with Crippen LogP contribution in [0, 0.1) is 5.41 Å². The minimum Gasteiger partial charge on any atom is -0.0843 e. The van der Waals surface area contributed by atoms with E-state index in [9.17, 15) is 0 Å². The molecule has 0 heterocycles. The second-order valence-electron chi connectivity index (χ2n) is 5.02. The van der Waals surface area contributed by atoms with Crippen LogP contribution in [0.4, 0.5) is 0 Å². The lowest BCUT2D eigenvalue weighted by Crippen LogP contribution is -2.12. The number of benzene rings is 1. The highest BCUT2D eigenvalue weighted by atomic mass is 35.5. The van der Waals surface area contributed by atoms with Crippen LogP contribution in [0.3, 0.4) is 0 Å². The van der Waals surface area contributed by atoms with Crippen LogP contribution in [0.25, 0.3) is 5.57 Å². The molecule has 0 fully saturated rings. The highest BCUT2D eigenvalue weighted by Crippen LogP contribution is 2.37. The lowest BCUT2D eigenvalue weighted by Gasteiger charge is -2.27. The molecule has 0 bridgehead atoms. The van der Waals surface area contributed by atoms with E-state index >= 15 is 0 Å². The van der Waals surface area contributed by atoms with Gasteiger partial charge in [0.05, 0.1) is 0 Å². The second-order valence-corrected chi connectivity index (χ2v) is 5.46. The van der Waals surface area contributed by atoms with E-state index in [1.165, 1.54) is 30.4 Å².